The van der Waals surface area contributed by atoms with Crippen LogP contribution < -0.4 is 4.74 Å². The third kappa shape index (κ3) is 3.77. The summed E-state index contributed by atoms with van der Waals surface area (Å²) in [5, 5.41) is 11.0. The van der Waals surface area contributed by atoms with Crippen LogP contribution in [0.15, 0.2) is 60.2 Å². The Kier molecular flexibility index (Phi) is 5.80. The van der Waals surface area contributed by atoms with E-state index in [-0.39, 0.29) is 11.3 Å². The Bertz CT molecular complexity index is 906. The highest BCUT2D eigenvalue weighted by Gasteiger charge is 2.45. The average Bonchev–Trinajstić information content (AvgIpc) is 2.97. The first-order valence-electron chi connectivity index (χ1n) is 9.06. The van der Waals surface area contributed by atoms with Crippen molar-refractivity contribution in [1.82, 2.24) is 9.80 Å². The van der Waals surface area contributed by atoms with Crippen LogP contribution in [0.3, 0.4) is 0 Å². The summed E-state index contributed by atoms with van der Waals surface area (Å²) < 4.78 is 5.21. The molecular weight excluding hydrogens is 356 g/mol. The van der Waals surface area contributed by atoms with Crippen molar-refractivity contribution >= 4 is 17.4 Å². The number of ether oxygens (including phenoxy) is 1. The number of aliphatic hydroxyl groups is 1. The van der Waals surface area contributed by atoms with Gasteiger partial charge in [-0.1, -0.05) is 42.5 Å². The van der Waals surface area contributed by atoms with Crippen LogP contribution in [0.2, 0.25) is 0 Å². The van der Waals surface area contributed by atoms with Crippen molar-refractivity contribution in [3.8, 4) is 5.75 Å². The topological polar surface area (TPSA) is 70.1 Å². The standard InChI is InChI=1S/C22H24N2O4/c1-23(2)12-13-24-19(15-8-5-4-6-9-15)18(21(26)22(24)27)20(25)16-10-7-11-17(14-16)28-3/h4-11,14,19,25H,12-13H2,1-3H3/t19-/m1/s1. The molecule has 2 aromatic carbocycles. The quantitative estimate of drug-likeness (QED) is 0.474. The van der Waals surface area contributed by atoms with E-state index in [1.165, 1.54) is 12.0 Å². The molecule has 2 aromatic rings. The molecule has 0 radical (unpaired) electrons. The number of nitrogens with zero attached hydrogens (tertiary/aromatic N) is 2. The molecule has 1 amide bonds. The third-order valence-electron chi connectivity index (χ3n) is 4.79. The molecule has 1 aliphatic rings. The number of ketones is 1. The summed E-state index contributed by atoms with van der Waals surface area (Å²) in [7, 11) is 5.35. The Hall–Kier alpha value is -3.12. The predicted octanol–water partition coefficient (Wildman–Crippen LogP) is 2.68. The number of benzene rings is 2. The van der Waals surface area contributed by atoms with Gasteiger partial charge in [0.1, 0.15) is 11.5 Å². The van der Waals surface area contributed by atoms with Crippen molar-refractivity contribution < 1.29 is 19.4 Å². The van der Waals surface area contributed by atoms with E-state index in [4.69, 9.17) is 4.74 Å². The number of carbonyl (C=O) groups is 2. The maximum Gasteiger partial charge on any atom is 0.295 e. The van der Waals surface area contributed by atoms with Gasteiger partial charge in [0.2, 0.25) is 0 Å². The third-order valence-corrected chi connectivity index (χ3v) is 4.79. The zero-order valence-electron chi connectivity index (χ0n) is 16.3. The maximum absolute atomic E-state index is 12.9. The Morgan fingerprint density at radius 1 is 1.11 bits per heavy atom. The molecule has 0 spiro atoms. The lowest BCUT2D eigenvalue weighted by Gasteiger charge is -2.26. The molecule has 6 nitrogen and oxygen atoms in total. The van der Waals surface area contributed by atoms with Gasteiger partial charge in [0.05, 0.1) is 18.7 Å². The van der Waals surface area contributed by atoms with E-state index in [1.54, 1.807) is 24.3 Å². The molecule has 1 N–H and O–H groups in total. The number of likely N-dealkylation sites (tertiary alicyclic amines) is 1. The van der Waals surface area contributed by atoms with E-state index < -0.39 is 17.7 Å². The van der Waals surface area contributed by atoms with Gasteiger partial charge < -0.3 is 19.6 Å². The second-order valence-corrected chi connectivity index (χ2v) is 6.94. The first kappa shape index (κ1) is 19.6. The zero-order chi connectivity index (χ0) is 20.3. The molecule has 0 aliphatic carbocycles. The SMILES string of the molecule is COc1cccc(C(O)=C2C(=O)C(=O)N(CCN(C)C)[C@@H]2c2ccccc2)c1. The molecule has 0 unspecified atom stereocenters. The van der Waals surface area contributed by atoms with Crippen LogP contribution in [0, 0.1) is 0 Å². The number of amides is 1. The van der Waals surface area contributed by atoms with Crippen LogP contribution in [-0.2, 0) is 9.59 Å². The number of carbonyl (C=O) groups excluding carboxylic acids is 2. The second-order valence-electron chi connectivity index (χ2n) is 6.94. The van der Waals surface area contributed by atoms with Crippen LogP contribution in [0.5, 0.6) is 5.75 Å². The molecule has 6 heteroatoms. The largest absolute Gasteiger partial charge is 0.507 e. The maximum atomic E-state index is 12.9. The molecule has 1 heterocycles. The van der Waals surface area contributed by atoms with Gasteiger partial charge in [0.15, 0.2) is 0 Å². The van der Waals surface area contributed by atoms with E-state index in [9.17, 15) is 14.7 Å². The van der Waals surface area contributed by atoms with E-state index in [0.717, 1.165) is 5.56 Å². The molecular formula is C22H24N2O4. The Labute approximate surface area is 164 Å². The van der Waals surface area contributed by atoms with Crippen LogP contribution in [0.1, 0.15) is 17.2 Å². The lowest BCUT2D eigenvalue weighted by Crippen LogP contribution is -2.35. The number of hydrogen-bond donors (Lipinski definition) is 1. The number of hydrogen-bond acceptors (Lipinski definition) is 5. The summed E-state index contributed by atoms with van der Waals surface area (Å²) >= 11 is 0. The van der Waals surface area contributed by atoms with Gasteiger partial charge in [-0.05, 0) is 31.8 Å². The molecule has 146 valence electrons. The minimum absolute atomic E-state index is 0.100. The highest BCUT2D eigenvalue weighted by atomic mass is 16.5. The smallest absolute Gasteiger partial charge is 0.295 e. The van der Waals surface area contributed by atoms with Crippen LogP contribution in [0.25, 0.3) is 5.76 Å². The van der Waals surface area contributed by atoms with Gasteiger partial charge in [0.25, 0.3) is 11.7 Å². The molecule has 28 heavy (non-hydrogen) atoms. The molecule has 1 saturated heterocycles. The molecule has 0 bridgehead atoms. The number of aliphatic hydroxyl groups excluding tert-OH is 1. The van der Waals surface area contributed by atoms with Crippen molar-refractivity contribution in [3.63, 3.8) is 0 Å². The van der Waals surface area contributed by atoms with Crippen molar-refractivity contribution in [1.29, 1.82) is 0 Å². The highest BCUT2D eigenvalue weighted by Crippen LogP contribution is 2.39. The lowest BCUT2D eigenvalue weighted by molar-refractivity contribution is -0.140. The van der Waals surface area contributed by atoms with Gasteiger partial charge in [-0.15, -0.1) is 0 Å². The molecule has 3 rings (SSSR count). The molecule has 0 saturated carbocycles. The van der Waals surface area contributed by atoms with Crippen LogP contribution in [0.4, 0.5) is 0 Å². The summed E-state index contributed by atoms with van der Waals surface area (Å²) in [5.41, 5.74) is 1.32. The normalized spacial score (nSPS) is 18.7. The van der Waals surface area contributed by atoms with E-state index in [1.807, 2.05) is 49.3 Å². The van der Waals surface area contributed by atoms with Crippen molar-refractivity contribution in [2.45, 2.75) is 6.04 Å². The number of likely N-dealkylation sites (N-methyl/N-ethyl adjacent to an activating group) is 1. The Morgan fingerprint density at radius 3 is 2.46 bits per heavy atom. The Balaban J connectivity index is 2.13. The fourth-order valence-electron chi connectivity index (χ4n) is 3.33. The minimum atomic E-state index is -0.673. The van der Waals surface area contributed by atoms with Gasteiger partial charge in [-0.25, -0.2) is 0 Å². The van der Waals surface area contributed by atoms with Crippen LogP contribution >= 0.6 is 0 Å². The van der Waals surface area contributed by atoms with E-state index in [2.05, 4.69) is 0 Å². The molecule has 1 atom stereocenters. The molecule has 1 fully saturated rings. The van der Waals surface area contributed by atoms with E-state index in [0.29, 0.717) is 24.4 Å². The van der Waals surface area contributed by atoms with Crippen LogP contribution in [-0.4, -0.2) is 60.9 Å². The predicted molar refractivity (Wildman–Crippen MR) is 107 cm³/mol. The number of rotatable bonds is 6. The highest BCUT2D eigenvalue weighted by molar-refractivity contribution is 6.46. The summed E-state index contributed by atoms with van der Waals surface area (Å²) in [6.07, 6.45) is 0. The minimum Gasteiger partial charge on any atom is -0.507 e. The summed E-state index contributed by atoms with van der Waals surface area (Å²) in [6.45, 7) is 0.988. The average molecular weight is 380 g/mol. The molecule has 0 aromatic heterocycles. The first-order valence-corrected chi connectivity index (χ1v) is 9.06. The van der Waals surface area contributed by atoms with Gasteiger partial charge in [-0.2, -0.15) is 0 Å². The number of Topliss-reactive ketones (excluding diaryl/α,β-unsaturated/α-hetero) is 1. The lowest BCUT2D eigenvalue weighted by atomic mass is 9.95. The summed E-state index contributed by atoms with van der Waals surface area (Å²) in [5.74, 6) is -0.909. The fraction of sp³-hybridized carbons (Fsp3) is 0.273. The second kappa shape index (κ2) is 8.27. The van der Waals surface area contributed by atoms with Gasteiger partial charge >= 0.3 is 0 Å². The van der Waals surface area contributed by atoms with Gasteiger partial charge in [0, 0.05) is 18.7 Å². The monoisotopic (exact) mass is 380 g/mol. The first-order chi connectivity index (χ1) is 13.4. The molecule has 1 aliphatic heterocycles. The van der Waals surface area contributed by atoms with Crippen molar-refractivity contribution in [3.05, 3.63) is 71.3 Å². The van der Waals surface area contributed by atoms with Crippen molar-refractivity contribution in [2.24, 2.45) is 0 Å². The summed E-state index contributed by atoms with van der Waals surface area (Å²) in [6, 6.07) is 15.5. The zero-order valence-corrected chi connectivity index (χ0v) is 16.3. The van der Waals surface area contributed by atoms with Crippen molar-refractivity contribution in [2.75, 3.05) is 34.3 Å². The fourth-order valence-corrected chi connectivity index (χ4v) is 3.33. The van der Waals surface area contributed by atoms with Gasteiger partial charge in [-0.3, -0.25) is 9.59 Å². The van der Waals surface area contributed by atoms with E-state index >= 15 is 0 Å². The Morgan fingerprint density at radius 2 is 1.82 bits per heavy atom. The number of methoxy groups -OCH3 is 1. The summed E-state index contributed by atoms with van der Waals surface area (Å²) in [4.78, 5) is 29.1.